The largest absolute Gasteiger partial charge is 0.313 e. The first-order valence-corrected chi connectivity index (χ1v) is 8.04. The van der Waals surface area contributed by atoms with Gasteiger partial charge in [-0.2, -0.15) is 0 Å². The van der Waals surface area contributed by atoms with Crippen molar-refractivity contribution in [2.24, 2.45) is 0 Å². The van der Waals surface area contributed by atoms with Crippen LogP contribution in [0.25, 0.3) is 0 Å². The van der Waals surface area contributed by atoms with Crippen molar-refractivity contribution in [2.75, 3.05) is 19.6 Å². The second kappa shape index (κ2) is 7.85. The Balaban J connectivity index is 2.07. The van der Waals surface area contributed by atoms with Crippen LogP contribution in [-0.2, 0) is 0 Å². The molecule has 1 N–H and O–H groups in total. The number of rotatable bonds is 7. The first kappa shape index (κ1) is 16.4. The Bertz CT molecular complexity index is 444. The highest BCUT2D eigenvalue weighted by atomic mass is 19.2. The van der Waals surface area contributed by atoms with Gasteiger partial charge < -0.3 is 5.32 Å². The summed E-state index contributed by atoms with van der Waals surface area (Å²) >= 11 is 0. The molecule has 1 aromatic rings. The maximum Gasteiger partial charge on any atom is 0.159 e. The molecule has 2 atom stereocenters. The third-order valence-corrected chi connectivity index (χ3v) is 4.39. The first-order valence-electron chi connectivity index (χ1n) is 8.04. The summed E-state index contributed by atoms with van der Waals surface area (Å²) in [7, 11) is 0. The zero-order valence-corrected chi connectivity index (χ0v) is 13.0. The Labute approximate surface area is 126 Å². The zero-order valence-electron chi connectivity index (χ0n) is 13.0. The second-order valence-corrected chi connectivity index (χ2v) is 5.99. The molecule has 1 aliphatic heterocycles. The molecule has 0 saturated carbocycles. The minimum atomic E-state index is -0.775. The molecule has 1 aliphatic rings. The average molecular weight is 296 g/mol. The first-order chi connectivity index (χ1) is 10.1. The van der Waals surface area contributed by atoms with Gasteiger partial charge in [-0.3, -0.25) is 4.90 Å². The van der Waals surface area contributed by atoms with Crippen molar-refractivity contribution < 1.29 is 8.78 Å². The van der Waals surface area contributed by atoms with E-state index < -0.39 is 11.6 Å². The van der Waals surface area contributed by atoms with Gasteiger partial charge in [0.25, 0.3) is 0 Å². The van der Waals surface area contributed by atoms with Gasteiger partial charge in [0.2, 0.25) is 0 Å². The van der Waals surface area contributed by atoms with Crippen LogP contribution in [0.2, 0.25) is 0 Å². The standard InChI is InChI=1S/C17H26F2N2/c1-3-4-10-21(12-15-6-5-9-20-15)13(2)14-7-8-16(18)17(19)11-14/h7-8,11,13,15,20H,3-6,9-10,12H2,1-2H3. The number of hydrogen-bond acceptors (Lipinski definition) is 2. The Morgan fingerprint density at radius 1 is 1.33 bits per heavy atom. The molecule has 2 nitrogen and oxygen atoms in total. The number of nitrogens with zero attached hydrogens (tertiary/aromatic N) is 1. The van der Waals surface area contributed by atoms with Gasteiger partial charge >= 0.3 is 0 Å². The van der Waals surface area contributed by atoms with Gasteiger partial charge in [0.15, 0.2) is 11.6 Å². The van der Waals surface area contributed by atoms with E-state index in [1.54, 1.807) is 6.07 Å². The van der Waals surface area contributed by atoms with Crippen LogP contribution < -0.4 is 5.32 Å². The number of halogens is 2. The summed E-state index contributed by atoms with van der Waals surface area (Å²) in [4.78, 5) is 2.39. The van der Waals surface area contributed by atoms with Crippen molar-refractivity contribution in [1.29, 1.82) is 0 Å². The topological polar surface area (TPSA) is 15.3 Å². The number of nitrogens with one attached hydrogen (secondary N) is 1. The fourth-order valence-corrected chi connectivity index (χ4v) is 2.98. The number of unbranched alkanes of at least 4 members (excludes halogenated alkanes) is 1. The number of benzene rings is 1. The monoisotopic (exact) mass is 296 g/mol. The van der Waals surface area contributed by atoms with Crippen molar-refractivity contribution in [3.8, 4) is 0 Å². The van der Waals surface area contributed by atoms with Gasteiger partial charge in [-0.25, -0.2) is 8.78 Å². The van der Waals surface area contributed by atoms with Crippen molar-refractivity contribution in [1.82, 2.24) is 10.2 Å². The van der Waals surface area contributed by atoms with Gasteiger partial charge in [0.1, 0.15) is 0 Å². The molecular formula is C17H26F2N2. The van der Waals surface area contributed by atoms with Crippen molar-refractivity contribution in [3.05, 3.63) is 35.4 Å². The van der Waals surface area contributed by atoms with Gasteiger partial charge in [-0.1, -0.05) is 19.4 Å². The van der Waals surface area contributed by atoms with Gasteiger partial charge in [0, 0.05) is 18.6 Å². The van der Waals surface area contributed by atoms with E-state index in [1.807, 2.05) is 0 Å². The van der Waals surface area contributed by atoms with Gasteiger partial charge in [-0.15, -0.1) is 0 Å². The smallest absolute Gasteiger partial charge is 0.159 e. The van der Waals surface area contributed by atoms with E-state index in [0.717, 1.165) is 38.0 Å². The van der Waals surface area contributed by atoms with E-state index >= 15 is 0 Å². The third-order valence-electron chi connectivity index (χ3n) is 4.39. The van der Waals surface area contributed by atoms with E-state index in [0.29, 0.717) is 6.04 Å². The second-order valence-electron chi connectivity index (χ2n) is 5.99. The molecule has 1 heterocycles. The lowest BCUT2D eigenvalue weighted by Crippen LogP contribution is -2.39. The lowest BCUT2D eigenvalue weighted by atomic mass is 10.0. The molecule has 0 bridgehead atoms. The van der Waals surface area contributed by atoms with Crippen LogP contribution in [0, 0.1) is 11.6 Å². The summed E-state index contributed by atoms with van der Waals surface area (Å²) in [5, 5.41) is 3.51. The molecule has 21 heavy (non-hydrogen) atoms. The molecule has 2 unspecified atom stereocenters. The Morgan fingerprint density at radius 3 is 2.76 bits per heavy atom. The Kier molecular flexibility index (Phi) is 6.12. The van der Waals surface area contributed by atoms with Crippen molar-refractivity contribution >= 4 is 0 Å². The molecule has 1 saturated heterocycles. The molecule has 118 valence electrons. The van der Waals surface area contributed by atoms with Crippen LogP contribution in [0.3, 0.4) is 0 Å². The Morgan fingerprint density at radius 2 is 2.14 bits per heavy atom. The maximum absolute atomic E-state index is 13.5. The summed E-state index contributed by atoms with van der Waals surface area (Å²) < 4.78 is 26.5. The molecule has 0 aliphatic carbocycles. The highest BCUT2D eigenvalue weighted by Gasteiger charge is 2.22. The summed E-state index contributed by atoms with van der Waals surface area (Å²) in [6.45, 7) is 7.31. The molecular weight excluding hydrogens is 270 g/mol. The van der Waals surface area contributed by atoms with E-state index in [9.17, 15) is 8.78 Å². The minimum Gasteiger partial charge on any atom is -0.313 e. The Hall–Kier alpha value is -1.00. The van der Waals surface area contributed by atoms with Crippen LogP contribution >= 0.6 is 0 Å². The lowest BCUT2D eigenvalue weighted by Gasteiger charge is -2.32. The summed E-state index contributed by atoms with van der Waals surface area (Å²) in [5.41, 5.74) is 0.850. The van der Waals surface area contributed by atoms with Crippen LogP contribution in [-0.4, -0.2) is 30.6 Å². The van der Waals surface area contributed by atoms with Crippen LogP contribution in [0.5, 0.6) is 0 Å². The number of hydrogen-bond donors (Lipinski definition) is 1. The highest BCUT2D eigenvalue weighted by molar-refractivity contribution is 5.21. The predicted molar refractivity (Wildman–Crippen MR) is 82.3 cm³/mol. The predicted octanol–water partition coefficient (Wildman–Crippen LogP) is 3.88. The average Bonchev–Trinajstić information content (AvgIpc) is 2.98. The van der Waals surface area contributed by atoms with Gasteiger partial charge in [0.05, 0.1) is 0 Å². The van der Waals surface area contributed by atoms with Crippen LogP contribution in [0.15, 0.2) is 18.2 Å². The molecule has 0 spiro atoms. The van der Waals surface area contributed by atoms with Gasteiger partial charge in [-0.05, 0) is 57.0 Å². The molecule has 4 heteroatoms. The molecule has 2 rings (SSSR count). The molecule has 0 aromatic heterocycles. The zero-order chi connectivity index (χ0) is 15.2. The van der Waals surface area contributed by atoms with Crippen LogP contribution in [0.4, 0.5) is 8.78 Å². The summed E-state index contributed by atoms with van der Waals surface area (Å²) in [6, 6.07) is 4.89. The van der Waals surface area contributed by atoms with Crippen LogP contribution in [0.1, 0.15) is 51.1 Å². The lowest BCUT2D eigenvalue weighted by molar-refractivity contribution is 0.189. The van der Waals surface area contributed by atoms with Crippen molar-refractivity contribution in [3.63, 3.8) is 0 Å². The summed E-state index contributed by atoms with van der Waals surface area (Å²) in [5.74, 6) is -1.53. The normalized spacial score (nSPS) is 20.1. The molecule has 1 fully saturated rings. The molecule has 0 radical (unpaired) electrons. The molecule has 1 aromatic carbocycles. The fourth-order valence-electron chi connectivity index (χ4n) is 2.98. The summed E-state index contributed by atoms with van der Waals surface area (Å²) in [6.07, 6.45) is 4.69. The SMILES string of the molecule is CCCCN(CC1CCCN1)C(C)c1ccc(F)c(F)c1. The third kappa shape index (κ3) is 4.48. The van der Waals surface area contributed by atoms with E-state index in [-0.39, 0.29) is 6.04 Å². The maximum atomic E-state index is 13.5. The highest BCUT2D eigenvalue weighted by Crippen LogP contribution is 2.23. The molecule has 0 amide bonds. The van der Waals surface area contributed by atoms with E-state index in [2.05, 4.69) is 24.1 Å². The van der Waals surface area contributed by atoms with E-state index in [1.165, 1.54) is 25.0 Å². The quantitative estimate of drug-likeness (QED) is 0.821. The van der Waals surface area contributed by atoms with E-state index in [4.69, 9.17) is 0 Å². The fraction of sp³-hybridized carbons (Fsp3) is 0.647. The van der Waals surface area contributed by atoms with Crippen molar-refractivity contribution in [2.45, 2.75) is 51.6 Å². The minimum absolute atomic E-state index is 0.106.